The maximum Gasteiger partial charge on any atom is 0.277 e. The first kappa shape index (κ1) is 19.6. The van der Waals surface area contributed by atoms with E-state index in [4.69, 9.17) is 9.47 Å². The molecule has 0 bridgehead atoms. The molecule has 1 amide bonds. The summed E-state index contributed by atoms with van der Waals surface area (Å²) in [5.41, 5.74) is 0.544. The van der Waals surface area contributed by atoms with Crippen molar-refractivity contribution in [2.45, 2.75) is 50.9 Å². The molecule has 1 spiro atoms. The van der Waals surface area contributed by atoms with Crippen LogP contribution in [-0.2, 0) is 20.8 Å². The van der Waals surface area contributed by atoms with E-state index in [1.54, 1.807) is 12.1 Å². The van der Waals surface area contributed by atoms with Crippen molar-refractivity contribution < 1.29 is 14.3 Å². The highest BCUT2D eigenvalue weighted by molar-refractivity contribution is 5.79. The molecule has 0 radical (unpaired) electrons. The topological polar surface area (TPSA) is 86.5 Å². The van der Waals surface area contributed by atoms with Gasteiger partial charge in [-0.3, -0.25) is 9.59 Å². The second-order valence-corrected chi connectivity index (χ2v) is 8.74. The first-order chi connectivity index (χ1) is 14.6. The van der Waals surface area contributed by atoms with E-state index >= 15 is 0 Å². The Kier molecular flexibility index (Phi) is 5.28. The number of piperidine rings is 1. The van der Waals surface area contributed by atoms with E-state index in [-0.39, 0.29) is 17.4 Å². The van der Waals surface area contributed by atoms with Crippen LogP contribution in [0.5, 0.6) is 0 Å². The van der Waals surface area contributed by atoms with Crippen molar-refractivity contribution in [1.29, 1.82) is 0 Å². The zero-order valence-electron chi connectivity index (χ0n) is 17.2. The van der Waals surface area contributed by atoms with E-state index in [2.05, 4.69) is 10.3 Å². The Morgan fingerprint density at radius 1 is 1.07 bits per heavy atom. The second kappa shape index (κ2) is 8.07. The fourth-order valence-corrected chi connectivity index (χ4v) is 5.09. The number of benzene rings is 1. The normalized spacial score (nSPS) is 26.3. The molecule has 0 atom stereocenters. The van der Waals surface area contributed by atoms with Gasteiger partial charge in [-0.05, 0) is 43.7 Å². The quantitative estimate of drug-likeness (QED) is 0.766. The van der Waals surface area contributed by atoms with Gasteiger partial charge in [-0.25, -0.2) is 4.68 Å². The Morgan fingerprint density at radius 2 is 1.77 bits per heavy atom. The van der Waals surface area contributed by atoms with Crippen LogP contribution in [0.2, 0.25) is 0 Å². The van der Waals surface area contributed by atoms with Gasteiger partial charge in [0.15, 0.2) is 5.79 Å². The van der Waals surface area contributed by atoms with Crippen LogP contribution in [0.4, 0.5) is 0 Å². The number of carbonyl (C=O) groups is 1. The molecule has 1 aliphatic carbocycles. The summed E-state index contributed by atoms with van der Waals surface area (Å²) in [6.45, 7) is 3.30. The van der Waals surface area contributed by atoms with Crippen LogP contribution in [0, 0.1) is 11.8 Å². The molecular formula is C22H28N4O4. The molecule has 5 rings (SSSR count). The average Bonchev–Trinajstić information content (AvgIpc) is 3.24. The van der Waals surface area contributed by atoms with Gasteiger partial charge >= 0.3 is 0 Å². The third kappa shape index (κ3) is 3.74. The van der Waals surface area contributed by atoms with E-state index in [0.717, 1.165) is 38.5 Å². The van der Waals surface area contributed by atoms with Gasteiger partial charge in [0.25, 0.3) is 5.56 Å². The van der Waals surface area contributed by atoms with Gasteiger partial charge in [0.2, 0.25) is 5.91 Å². The highest BCUT2D eigenvalue weighted by atomic mass is 16.7. The van der Waals surface area contributed by atoms with Crippen molar-refractivity contribution in [3.63, 3.8) is 0 Å². The summed E-state index contributed by atoms with van der Waals surface area (Å²) in [4.78, 5) is 27.6. The molecule has 1 aromatic carbocycles. The van der Waals surface area contributed by atoms with Crippen LogP contribution in [0.1, 0.15) is 38.5 Å². The predicted octanol–water partition coefficient (Wildman–Crippen LogP) is 1.96. The lowest BCUT2D eigenvalue weighted by Gasteiger charge is -2.39. The first-order valence-electron chi connectivity index (χ1n) is 11.0. The molecule has 0 unspecified atom stereocenters. The number of fused-ring (bicyclic) bond motifs is 1. The average molecular weight is 412 g/mol. The summed E-state index contributed by atoms with van der Waals surface area (Å²) in [7, 11) is 0. The minimum Gasteiger partial charge on any atom is -0.347 e. The van der Waals surface area contributed by atoms with Gasteiger partial charge in [0, 0.05) is 38.4 Å². The number of aromatic nitrogens is 3. The van der Waals surface area contributed by atoms with E-state index < -0.39 is 5.79 Å². The molecule has 2 aliphatic heterocycles. The molecule has 8 nitrogen and oxygen atoms in total. The fraction of sp³-hybridized carbons (Fsp3) is 0.636. The molecule has 3 fully saturated rings. The first-order valence-corrected chi connectivity index (χ1v) is 11.0. The minimum absolute atomic E-state index is 0.0834. The van der Waals surface area contributed by atoms with Crippen LogP contribution in [0.3, 0.4) is 0 Å². The van der Waals surface area contributed by atoms with Crippen molar-refractivity contribution in [2.24, 2.45) is 11.8 Å². The van der Waals surface area contributed by atoms with Gasteiger partial charge in [0.05, 0.1) is 18.6 Å². The Morgan fingerprint density at radius 3 is 2.50 bits per heavy atom. The van der Waals surface area contributed by atoms with E-state index in [1.807, 2.05) is 17.0 Å². The maximum absolute atomic E-state index is 13.0. The molecule has 0 N–H and O–H groups in total. The van der Waals surface area contributed by atoms with Gasteiger partial charge in [-0.2, -0.15) is 0 Å². The zero-order valence-corrected chi connectivity index (χ0v) is 17.2. The van der Waals surface area contributed by atoms with Gasteiger partial charge in [-0.1, -0.05) is 17.3 Å². The van der Waals surface area contributed by atoms with E-state index in [9.17, 15) is 9.59 Å². The lowest BCUT2D eigenvalue weighted by Crippen LogP contribution is -2.49. The number of ether oxygens (including phenoxy) is 2. The number of rotatable bonds is 3. The number of carbonyl (C=O) groups excluding carboxylic acids is 1. The molecule has 30 heavy (non-hydrogen) atoms. The zero-order chi connectivity index (χ0) is 20.6. The minimum atomic E-state index is -0.442. The number of likely N-dealkylation sites (tertiary alicyclic amines) is 1. The standard InChI is InChI=1S/C22H28N4O4/c27-20(25-11-9-22(10-12-25)29-13-14-30-22)17-7-5-16(6-8-17)15-26-21(28)18-3-1-2-4-19(18)23-24-26/h1-4,16-17H,5-15H2. The Hall–Kier alpha value is -2.32. The van der Waals surface area contributed by atoms with Crippen LogP contribution in [0.25, 0.3) is 10.9 Å². The number of hydrogen-bond donors (Lipinski definition) is 0. The highest BCUT2D eigenvalue weighted by Gasteiger charge is 2.42. The van der Waals surface area contributed by atoms with Crippen LogP contribution < -0.4 is 5.56 Å². The van der Waals surface area contributed by atoms with Crippen molar-refractivity contribution in [3.05, 3.63) is 34.6 Å². The van der Waals surface area contributed by atoms with Gasteiger partial charge < -0.3 is 14.4 Å². The van der Waals surface area contributed by atoms with Crippen molar-refractivity contribution in [3.8, 4) is 0 Å². The van der Waals surface area contributed by atoms with Gasteiger partial charge in [0.1, 0.15) is 5.52 Å². The van der Waals surface area contributed by atoms with Crippen molar-refractivity contribution in [1.82, 2.24) is 19.9 Å². The molecule has 3 heterocycles. The number of amides is 1. The Bertz CT molecular complexity index is 967. The number of nitrogens with zero attached hydrogens (tertiary/aromatic N) is 4. The molecule has 2 saturated heterocycles. The Labute approximate surface area is 175 Å². The molecule has 1 saturated carbocycles. The molecule has 1 aromatic heterocycles. The lowest BCUT2D eigenvalue weighted by atomic mass is 9.81. The lowest BCUT2D eigenvalue weighted by molar-refractivity contribution is -0.188. The summed E-state index contributed by atoms with van der Waals surface area (Å²) in [5.74, 6) is 0.263. The second-order valence-electron chi connectivity index (χ2n) is 8.74. The largest absolute Gasteiger partial charge is 0.347 e. The predicted molar refractivity (Wildman–Crippen MR) is 110 cm³/mol. The molecule has 160 valence electrons. The summed E-state index contributed by atoms with van der Waals surface area (Å²) in [6.07, 6.45) is 5.12. The van der Waals surface area contributed by atoms with E-state index in [1.165, 1.54) is 4.68 Å². The van der Waals surface area contributed by atoms with Crippen molar-refractivity contribution in [2.75, 3.05) is 26.3 Å². The fourth-order valence-electron chi connectivity index (χ4n) is 5.09. The van der Waals surface area contributed by atoms with Crippen LogP contribution in [0.15, 0.2) is 29.1 Å². The number of hydrogen-bond acceptors (Lipinski definition) is 6. The summed E-state index contributed by atoms with van der Waals surface area (Å²) in [5, 5.41) is 8.90. The van der Waals surface area contributed by atoms with Gasteiger partial charge in [-0.15, -0.1) is 5.10 Å². The summed E-state index contributed by atoms with van der Waals surface area (Å²) < 4.78 is 13.0. The SMILES string of the molecule is O=C(C1CCC(Cn2nnc3ccccc3c2=O)CC1)N1CCC2(CC1)OCCO2. The third-order valence-corrected chi connectivity index (χ3v) is 6.91. The van der Waals surface area contributed by atoms with Crippen LogP contribution in [-0.4, -0.2) is 57.9 Å². The summed E-state index contributed by atoms with van der Waals surface area (Å²) >= 11 is 0. The van der Waals surface area contributed by atoms with Crippen molar-refractivity contribution >= 4 is 16.8 Å². The summed E-state index contributed by atoms with van der Waals surface area (Å²) in [6, 6.07) is 7.30. The maximum atomic E-state index is 13.0. The third-order valence-electron chi connectivity index (χ3n) is 6.91. The molecule has 3 aliphatic rings. The molecule has 8 heteroatoms. The monoisotopic (exact) mass is 412 g/mol. The molecule has 2 aromatic rings. The molecular weight excluding hydrogens is 384 g/mol. The van der Waals surface area contributed by atoms with E-state index in [0.29, 0.717) is 49.7 Å². The highest BCUT2D eigenvalue weighted by Crippen LogP contribution is 2.34. The smallest absolute Gasteiger partial charge is 0.277 e. The Balaban J connectivity index is 1.15. The van der Waals surface area contributed by atoms with Crippen LogP contribution >= 0.6 is 0 Å².